The van der Waals surface area contributed by atoms with E-state index >= 15 is 0 Å². The fraction of sp³-hybridized carbons (Fsp3) is 0.526. The van der Waals surface area contributed by atoms with Gasteiger partial charge in [0.2, 0.25) is 0 Å². The van der Waals surface area contributed by atoms with Crippen molar-refractivity contribution in [3.8, 4) is 0 Å². The molecular weight excluding hydrogens is 352 g/mol. The van der Waals surface area contributed by atoms with E-state index in [0.29, 0.717) is 13.0 Å². The van der Waals surface area contributed by atoms with Crippen LogP contribution < -0.4 is 10.6 Å². The minimum absolute atomic E-state index is 0.0980. The number of esters is 1. The molecule has 0 unspecified atom stereocenters. The quantitative estimate of drug-likeness (QED) is 0.408. The SMILES string of the molecule is COC(=O)[C@@H](CCCNC(=O)OC(C)(C)C)NC(=O)OCc1ccccc1. The zero-order chi connectivity index (χ0) is 20.3. The maximum atomic E-state index is 11.9. The summed E-state index contributed by atoms with van der Waals surface area (Å²) in [5.74, 6) is -0.580. The van der Waals surface area contributed by atoms with Crippen LogP contribution in [0.3, 0.4) is 0 Å². The topological polar surface area (TPSA) is 103 Å². The molecule has 1 rings (SSSR count). The fourth-order valence-electron chi connectivity index (χ4n) is 2.11. The number of carbonyl (C=O) groups is 3. The van der Waals surface area contributed by atoms with Crippen molar-refractivity contribution in [1.82, 2.24) is 10.6 Å². The Morgan fingerprint density at radius 3 is 2.33 bits per heavy atom. The molecule has 8 nitrogen and oxygen atoms in total. The molecule has 0 aliphatic carbocycles. The summed E-state index contributed by atoms with van der Waals surface area (Å²) < 4.78 is 14.9. The predicted octanol–water partition coefficient (Wildman–Crippen LogP) is 2.76. The maximum absolute atomic E-state index is 11.9. The highest BCUT2D eigenvalue weighted by Crippen LogP contribution is 2.07. The fourth-order valence-corrected chi connectivity index (χ4v) is 2.11. The number of benzene rings is 1. The van der Waals surface area contributed by atoms with Crippen molar-refractivity contribution in [2.24, 2.45) is 0 Å². The number of rotatable bonds is 8. The van der Waals surface area contributed by atoms with Crippen LogP contribution in [0.25, 0.3) is 0 Å². The van der Waals surface area contributed by atoms with Gasteiger partial charge in [-0.05, 0) is 39.2 Å². The number of carbonyl (C=O) groups excluding carboxylic acids is 3. The molecule has 0 spiro atoms. The van der Waals surface area contributed by atoms with Gasteiger partial charge in [0.1, 0.15) is 18.2 Å². The number of hydrogen-bond donors (Lipinski definition) is 2. The molecule has 2 amide bonds. The molecule has 0 aromatic heterocycles. The van der Waals surface area contributed by atoms with E-state index in [9.17, 15) is 14.4 Å². The Hall–Kier alpha value is -2.77. The van der Waals surface area contributed by atoms with Crippen molar-refractivity contribution in [1.29, 1.82) is 0 Å². The normalized spacial score (nSPS) is 11.9. The summed E-state index contributed by atoms with van der Waals surface area (Å²) in [4.78, 5) is 35.3. The van der Waals surface area contributed by atoms with Gasteiger partial charge in [0.15, 0.2) is 0 Å². The molecule has 0 saturated heterocycles. The van der Waals surface area contributed by atoms with Gasteiger partial charge in [-0.1, -0.05) is 30.3 Å². The molecule has 27 heavy (non-hydrogen) atoms. The van der Waals surface area contributed by atoms with E-state index in [2.05, 4.69) is 10.6 Å². The standard InChI is InChI=1S/C19H28N2O6/c1-19(2,3)27-17(23)20-12-8-11-15(16(22)25-4)21-18(24)26-13-14-9-6-5-7-10-14/h5-7,9-10,15H,8,11-13H2,1-4H3,(H,20,23)(H,21,24)/t15-/m1/s1. The average molecular weight is 380 g/mol. The number of hydrogen-bond acceptors (Lipinski definition) is 6. The lowest BCUT2D eigenvalue weighted by atomic mass is 10.1. The van der Waals surface area contributed by atoms with Gasteiger partial charge in [-0.25, -0.2) is 14.4 Å². The summed E-state index contributed by atoms with van der Waals surface area (Å²) in [5, 5.41) is 5.08. The van der Waals surface area contributed by atoms with Crippen molar-refractivity contribution < 1.29 is 28.6 Å². The van der Waals surface area contributed by atoms with E-state index in [1.807, 2.05) is 30.3 Å². The van der Waals surface area contributed by atoms with Crippen molar-refractivity contribution in [2.75, 3.05) is 13.7 Å². The molecule has 0 bridgehead atoms. The molecule has 0 heterocycles. The third-order valence-electron chi connectivity index (χ3n) is 3.33. The van der Waals surface area contributed by atoms with E-state index in [1.165, 1.54) is 7.11 Å². The number of amides is 2. The summed E-state index contributed by atoms with van der Waals surface area (Å²) in [6.45, 7) is 5.70. The molecule has 1 aromatic rings. The Kier molecular flexibility index (Phi) is 9.12. The van der Waals surface area contributed by atoms with Crippen molar-refractivity contribution in [3.05, 3.63) is 35.9 Å². The van der Waals surface area contributed by atoms with Crippen LogP contribution in [-0.2, 0) is 25.6 Å². The summed E-state index contributed by atoms with van der Waals surface area (Å²) >= 11 is 0. The number of methoxy groups -OCH3 is 1. The molecule has 0 saturated carbocycles. The van der Waals surface area contributed by atoms with E-state index in [4.69, 9.17) is 14.2 Å². The molecule has 0 aliphatic heterocycles. The van der Waals surface area contributed by atoms with Gasteiger partial charge in [0.05, 0.1) is 7.11 Å². The second kappa shape index (κ2) is 11.1. The Morgan fingerprint density at radius 2 is 1.74 bits per heavy atom. The summed E-state index contributed by atoms with van der Waals surface area (Å²) in [6.07, 6.45) is -0.525. The molecule has 8 heteroatoms. The van der Waals surface area contributed by atoms with Gasteiger partial charge in [0.25, 0.3) is 0 Å². The number of nitrogens with one attached hydrogen (secondary N) is 2. The van der Waals surface area contributed by atoms with Crippen molar-refractivity contribution in [2.45, 2.75) is 51.9 Å². The lowest BCUT2D eigenvalue weighted by Gasteiger charge is -2.20. The zero-order valence-corrected chi connectivity index (χ0v) is 16.2. The highest BCUT2D eigenvalue weighted by Gasteiger charge is 2.22. The first kappa shape index (κ1) is 22.3. The van der Waals surface area contributed by atoms with Gasteiger partial charge < -0.3 is 24.8 Å². The van der Waals surface area contributed by atoms with Crippen molar-refractivity contribution >= 4 is 18.2 Å². The highest BCUT2D eigenvalue weighted by atomic mass is 16.6. The van der Waals surface area contributed by atoms with Gasteiger partial charge in [0, 0.05) is 6.54 Å². The van der Waals surface area contributed by atoms with Crippen LogP contribution in [0, 0.1) is 0 Å². The molecular formula is C19H28N2O6. The second-order valence-electron chi connectivity index (χ2n) is 6.85. The molecule has 2 N–H and O–H groups in total. The predicted molar refractivity (Wildman–Crippen MR) is 99.0 cm³/mol. The number of ether oxygens (including phenoxy) is 3. The first-order valence-corrected chi connectivity index (χ1v) is 8.73. The van der Waals surface area contributed by atoms with Crippen LogP contribution in [-0.4, -0.2) is 43.5 Å². The third kappa shape index (κ3) is 10.1. The lowest BCUT2D eigenvalue weighted by molar-refractivity contribution is -0.143. The molecule has 150 valence electrons. The summed E-state index contributed by atoms with van der Waals surface area (Å²) in [7, 11) is 1.24. The molecule has 0 aliphatic rings. The van der Waals surface area contributed by atoms with Crippen LogP contribution in [0.2, 0.25) is 0 Å². The Bertz CT molecular complexity index is 612. The van der Waals surface area contributed by atoms with Gasteiger partial charge in [-0.15, -0.1) is 0 Å². The summed E-state index contributed by atoms with van der Waals surface area (Å²) in [6, 6.07) is 8.33. The average Bonchev–Trinajstić information content (AvgIpc) is 2.61. The highest BCUT2D eigenvalue weighted by molar-refractivity contribution is 5.81. The largest absolute Gasteiger partial charge is 0.467 e. The van der Waals surface area contributed by atoms with Gasteiger partial charge in [-0.3, -0.25) is 0 Å². The molecule has 1 aromatic carbocycles. The first-order valence-electron chi connectivity index (χ1n) is 8.73. The van der Waals surface area contributed by atoms with Crippen LogP contribution in [0.4, 0.5) is 9.59 Å². The van der Waals surface area contributed by atoms with Crippen LogP contribution >= 0.6 is 0 Å². The Morgan fingerprint density at radius 1 is 1.07 bits per heavy atom. The first-order chi connectivity index (χ1) is 12.7. The minimum atomic E-state index is -0.862. The Labute approximate surface area is 159 Å². The second-order valence-corrected chi connectivity index (χ2v) is 6.85. The number of alkyl carbamates (subject to hydrolysis) is 2. The molecule has 0 fully saturated rings. The third-order valence-corrected chi connectivity index (χ3v) is 3.33. The Balaban J connectivity index is 2.38. The minimum Gasteiger partial charge on any atom is -0.467 e. The van der Waals surface area contributed by atoms with Crippen LogP contribution in [0.1, 0.15) is 39.2 Å². The van der Waals surface area contributed by atoms with E-state index < -0.39 is 29.8 Å². The molecule has 0 radical (unpaired) electrons. The van der Waals surface area contributed by atoms with Crippen LogP contribution in [0.15, 0.2) is 30.3 Å². The van der Waals surface area contributed by atoms with E-state index in [1.54, 1.807) is 20.8 Å². The van der Waals surface area contributed by atoms with E-state index in [-0.39, 0.29) is 13.0 Å². The van der Waals surface area contributed by atoms with Crippen molar-refractivity contribution in [3.63, 3.8) is 0 Å². The lowest BCUT2D eigenvalue weighted by Crippen LogP contribution is -2.42. The van der Waals surface area contributed by atoms with Gasteiger partial charge in [-0.2, -0.15) is 0 Å². The zero-order valence-electron chi connectivity index (χ0n) is 16.2. The summed E-state index contributed by atoms with van der Waals surface area (Å²) in [5.41, 5.74) is 0.256. The smallest absolute Gasteiger partial charge is 0.408 e. The monoisotopic (exact) mass is 380 g/mol. The molecule has 1 atom stereocenters. The van der Waals surface area contributed by atoms with Gasteiger partial charge >= 0.3 is 18.2 Å². The van der Waals surface area contributed by atoms with Crippen LogP contribution in [0.5, 0.6) is 0 Å². The maximum Gasteiger partial charge on any atom is 0.408 e. The van der Waals surface area contributed by atoms with E-state index in [0.717, 1.165) is 5.56 Å².